The fraction of sp³-hybridized carbons (Fsp3) is 0.0769. The number of aromatic hydroxyl groups is 1. The van der Waals surface area contributed by atoms with Crippen molar-refractivity contribution in [3.8, 4) is 11.5 Å². The first-order valence-electron chi connectivity index (χ1n) is 10.7. The van der Waals surface area contributed by atoms with Crippen molar-refractivity contribution >= 4 is 44.3 Å². The Balaban J connectivity index is 1.59. The summed E-state index contributed by atoms with van der Waals surface area (Å²) in [6.07, 6.45) is -4.90. The van der Waals surface area contributed by atoms with Crippen LogP contribution in [0.2, 0.25) is 0 Å². The quantitative estimate of drug-likeness (QED) is 0.261. The van der Waals surface area contributed by atoms with Gasteiger partial charge in [-0.25, -0.2) is 0 Å². The minimum Gasteiger partial charge on any atom is -0.508 e. The maximum Gasteiger partial charge on any atom is 0.573 e. The predicted molar refractivity (Wildman–Crippen MR) is 129 cm³/mol. The Bertz CT molecular complexity index is 1560. The molecule has 5 rings (SSSR count). The molecule has 37 heavy (non-hydrogen) atoms. The van der Waals surface area contributed by atoms with Crippen LogP contribution in [0.25, 0.3) is 11.0 Å². The molecule has 0 radical (unpaired) electrons. The number of ether oxygens (including phenoxy) is 1. The number of ketones is 1. The summed E-state index contributed by atoms with van der Waals surface area (Å²) in [4.78, 5) is 27.9. The Kier molecular flexibility index (Phi) is 5.95. The van der Waals surface area contributed by atoms with Crippen LogP contribution in [0, 0.1) is 0 Å². The summed E-state index contributed by atoms with van der Waals surface area (Å²) in [5.74, 6) is -3.23. The van der Waals surface area contributed by atoms with E-state index < -0.39 is 35.6 Å². The van der Waals surface area contributed by atoms with Crippen LogP contribution >= 0.6 is 15.9 Å². The van der Waals surface area contributed by atoms with Gasteiger partial charge in [-0.2, -0.15) is 0 Å². The van der Waals surface area contributed by atoms with Crippen molar-refractivity contribution in [1.82, 2.24) is 0 Å². The summed E-state index contributed by atoms with van der Waals surface area (Å²) in [5.41, 5.74) is 0.576. The number of rotatable bonds is 5. The van der Waals surface area contributed by atoms with E-state index in [-0.39, 0.29) is 22.8 Å². The molecule has 3 aromatic carbocycles. The van der Waals surface area contributed by atoms with Gasteiger partial charge in [-0.3, -0.25) is 14.5 Å². The third-order valence-corrected chi connectivity index (χ3v) is 6.21. The van der Waals surface area contributed by atoms with Crippen LogP contribution in [0.3, 0.4) is 0 Å². The zero-order valence-corrected chi connectivity index (χ0v) is 20.1. The Hall–Kier alpha value is -4.25. The first-order valence-corrected chi connectivity index (χ1v) is 11.5. The zero-order valence-electron chi connectivity index (χ0n) is 18.5. The molecule has 1 aliphatic heterocycles. The monoisotopic (exact) mass is 573 g/mol. The summed E-state index contributed by atoms with van der Waals surface area (Å²) in [6.45, 7) is 0. The molecule has 1 aromatic heterocycles. The maximum absolute atomic E-state index is 13.6. The van der Waals surface area contributed by atoms with Gasteiger partial charge in [-0.05, 0) is 66.2 Å². The number of aliphatic hydroxyl groups is 1. The molecule has 11 heteroatoms. The fourth-order valence-electron chi connectivity index (χ4n) is 4.14. The van der Waals surface area contributed by atoms with Gasteiger partial charge in [0.1, 0.15) is 17.1 Å². The highest BCUT2D eigenvalue weighted by Crippen LogP contribution is 2.43. The number of aliphatic hydroxyl groups excluding tert-OH is 1. The lowest BCUT2D eigenvalue weighted by molar-refractivity contribution is -0.274. The van der Waals surface area contributed by atoms with Gasteiger partial charge in [0.15, 0.2) is 11.5 Å². The van der Waals surface area contributed by atoms with Gasteiger partial charge >= 0.3 is 6.36 Å². The van der Waals surface area contributed by atoms with E-state index in [1.165, 1.54) is 42.5 Å². The number of nitrogens with zero attached hydrogens (tertiary/aromatic N) is 1. The number of benzene rings is 3. The number of amides is 1. The molecule has 0 saturated carbocycles. The molecule has 2 heterocycles. The molecule has 4 aromatic rings. The molecule has 0 spiro atoms. The maximum atomic E-state index is 13.6. The number of anilines is 1. The lowest BCUT2D eigenvalue weighted by atomic mass is 9.94. The summed E-state index contributed by atoms with van der Waals surface area (Å²) in [7, 11) is 0. The summed E-state index contributed by atoms with van der Waals surface area (Å²) in [6, 6.07) is 15.4. The lowest BCUT2D eigenvalue weighted by Crippen LogP contribution is -2.31. The number of Topliss-reactive ketones (excluding diaryl/α,β-unsaturated/α-hetero) is 1. The van der Waals surface area contributed by atoms with Crippen molar-refractivity contribution in [3.05, 3.63) is 99.9 Å². The number of phenolic OH excluding ortho intramolecular Hbond substituents is 1. The van der Waals surface area contributed by atoms with Crippen LogP contribution in [0.4, 0.5) is 18.9 Å². The van der Waals surface area contributed by atoms with E-state index in [4.69, 9.17) is 4.42 Å². The van der Waals surface area contributed by atoms with E-state index in [1.807, 2.05) is 0 Å². The average molecular weight is 574 g/mol. The largest absolute Gasteiger partial charge is 0.573 e. The lowest BCUT2D eigenvalue weighted by Gasteiger charge is -2.27. The van der Waals surface area contributed by atoms with Crippen LogP contribution < -0.4 is 9.64 Å². The molecule has 0 aliphatic carbocycles. The molecular weight excluding hydrogens is 559 g/mol. The van der Waals surface area contributed by atoms with Crippen molar-refractivity contribution in [2.24, 2.45) is 0 Å². The van der Waals surface area contributed by atoms with Crippen LogP contribution in [-0.4, -0.2) is 28.3 Å². The third-order valence-electron chi connectivity index (χ3n) is 5.71. The van der Waals surface area contributed by atoms with E-state index >= 15 is 0 Å². The minimum atomic E-state index is -4.90. The molecule has 0 fully saturated rings. The third kappa shape index (κ3) is 4.65. The molecule has 1 unspecified atom stereocenters. The van der Waals surface area contributed by atoms with Gasteiger partial charge in [0.2, 0.25) is 5.78 Å². The topological polar surface area (TPSA) is 100 Å². The van der Waals surface area contributed by atoms with E-state index in [0.717, 1.165) is 21.5 Å². The molecular formula is C26H15BrF3NO6. The van der Waals surface area contributed by atoms with Gasteiger partial charge in [0, 0.05) is 15.5 Å². The van der Waals surface area contributed by atoms with E-state index in [2.05, 4.69) is 20.7 Å². The second-order valence-electron chi connectivity index (χ2n) is 8.10. The molecule has 2 N–H and O–H groups in total. The standard InChI is InChI=1S/C26H15BrF3NO6/c27-15-3-10-19-14(11-15)12-20(36-19)23(33)21-22(13-1-6-17(32)7-2-13)31(25(35)24(21)34)16-4-8-18(9-5-16)37-26(28,29)30/h1-12,22,32,34H. The van der Waals surface area contributed by atoms with Crippen LogP contribution in [-0.2, 0) is 4.79 Å². The average Bonchev–Trinajstić information content (AvgIpc) is 3.37. The van der Waals surface area contributed by atoms with Crippen molar-refractivity contribution < 1.29 is 42.1 Å². The Morgan fingerprint density at radius 2 is 1.65 bits per heavy atom. The number of hydrogen-bond acceptors (Lipinski definition) is 6. The summed E-state index contributed by atoms with van der Waals surface area (Å²) >= 11 is 3.34. The summed E-state index contributed by atoms with van der Waals surface area (Å²) in [5, 5.41) is 21.2. The molecule has 1 atom stereocenters. The van der Waals surface area contributed by atoms with Crippen molar-refractivity contribution in [3.63, 3.8) is 0 Å². The SMILES string of the molecule is O=C(C1=C(O)C(=O)N(c2ccc(OC(F)(F)F)cc2)C1c1ccc(O)cc1)c1cc2cc(Br)ccc2o1. The highest BCUT2D eigenvalue weighted by molar-refractivity contribution is 9.10. The van der Waals surface area contributed by atoms with Gasteiger partial charge < -0.3 is 19.4 Å². The van der Waals surface area contributed by atoms with E-state index in [1.54, 1.807) is 18.2 Å². The normalized spacial score (nSPS) is 16.1. The molecule has 188 valence electrons. The van der Waals surface area contributed by atoms with Crippen molar-refractivity contribution in [2.75, 3.05) is 4.90 Å². The van der Waals surface area contributed by atoms with Crippen molar-refractivity contribution in [2.45, 2.75) is 12.4 Å². The molecule has 0 saturated heterocycles. The van der Waals surface area contributed by atoms with Crippen LogP contribution in [0.1, 0.15) is 22.2 Å². The Labute approximate surface area is 215 Å². The second-order valence-corrected chi connectivity index (χ2v) is 9.01. The number of hydrogen-bond donors (Lipinski definition) is 2. The predicted octanol–water partition coefficient (Wildman–Crippen LogP) is 6.58. The van der Waals surface area contributed by atoms with Crippen molar-refractivity contribution in [1.29, 1.82) is 0 Å². The first kappa shape index (κ1) is 24.4. The van der Waals surface area contributed by atoms with Gasteiger partial charge in [-0.15, -0.1) is 13.2 Å². The number of alkyl halides is 3. The number of phenols is 1. The summed E-state index contributed by atoms with van der Waals surface area (Å²) < 4.78 is 48.0. The number of fused-ring (bicyclic) bond motifs is 1. The smallest absolute Gasteiger partial charge is 0.508 e. The molecule has 1 amide bonds. The highest BCUT2D eigenvalue weighted by atomic mass is 79.9. The molecule has 0 bridgehead atoms. The van der Waals surface area contributed by atoms with E-state index in [9.17, 15) is 33.0 Å². The van der Waals surface area contributed by atoms with Crippen LogP contribution in [0.5, 0.6) is 11.5 Å². The van der Waals surface area contributed by atoms with Gasteiger partial charge in [-0.1, -0.05) is 28.1 Å². The highest BCUT2D eigenvalue weighted by Gasteiger charge is 2.45. The zero-order chi connectivity index (χ0) is 26.5. The fourth-order valence-corrected chi connectivity index (χ4v) is 4.52. The number of carbonyl (C=O) groups excluding carboxylic acids is 2. The molecule has 7 nitrogen and oxygen atoms in total. The van der Waals surface area contributed by atoms with E-state index in [0.29, 0.717) is 16.5 Å². The first-order chi connectivity index (χ1) is 17.5. The number of carbonyl (C=O) groups is 2. The second kappa shape index (κ2) is 9.00. The van der Waals surface area contributed by atoms with Gasteiger partial charge in [0.05, 0.1) is 11.6 Å². The number of furan rings is 1. The van der Waals surface area contributed by atoms with Crippen LogP contribution in [0.15, 0.2) is 93.0 Å². The van der Waals surface area contributed by atoms with Gasteiger partial charge in [0.25, 0.3) is 5.91 Å². The Morgan fingerprint density at radius 1 is 0.973 bits per heavy atom. The Morgan fingerprint density at radius 3 is 2.30 bits per heavy atom. The number of halogens is 4. The minimum absolute atomic E-state index is 0.0720. The molecule has 1 aliphatic rings.